The predicted octanol–water partition coefficient (Wildman–Crippen LogP) is 5.29. The number of nitrogens with one attached hydrogen (secondary N) is 1. The van der Waals surface area contributed by atoms with Crippen molar-refractivity contribution in [3.8, 4) is 0 Å². The number of pyridine rings is 1. The van der Waals surface area contributed by atoms with E-state index in [1.807, 2.05) is 13.0 Å². The molecule has 1 aliphatic rings. The fourth-order valence-corrected chi connectivity index (χ4v) is 3.62. The predicted molar refractivity (Wildman–Crippen MR) is 113 cm³/mol. The number of nitrogens with zero attached hydrogens (tertiary/aromatic N) is 2. The molecule has 0 radical (unpaired) electrons. The maximum atomic E-state index is 12.7. The maximum Gasteiger partial charge on any atom is 0.410 e. The van der Waals surface area contributed by atoms with Gasteiger partial charge in [0.1, 0.15) is 5.60 Å². The van der Waals surface area contributed by atoms with E-state index in [1.54, 1.807) is 37.8 Å². The molecule has 0 saturated heterocycles. The topological polar surface area (TPSA) is 71.5 Å². The molecule has 1 unspecified atom stereocenters. The summed E-state index contributed by atoms with van der Waals surface area (Å²) in [6, 6.07) is 6.47. The molecule has 3 rings (SSSR count). The molecule has 0 fully saturated rings. The van der Waals surface area contributed by atoms with Crippen LogP contribution in [0.15, 0.2) is 36.7 Å². The number of benzene rings is 1. The Bertz CT molecular complexity index is 1020. The largest absolute Gasteiger partial charge is 0.444 e. The second-order valence-electron chi connectivity index (χ2n) is 9.00. The summed E-state index contributed by atoms with van der Waals surface area (Å²) in [5.41, 5.74) is 1.72. The molecule has 2 amide bonds. The summed E-state index contributed by atoms with van der Waals surface area (Å²) in [6.07, 6.45) is -3.49. The number of ether oxygens (including phenoxy) is 1. The zero-order chi connectivity index (χ0) is 23.7. The van der Waals surface area contributed by atoms with Gasteiger partial charge in [-0.1, -0.05) is 13.0 Å². The zero-order valence-electron chi connectivity index (χ0n) is 18.4. The molecule has 0 bridgehead atoms. The van der Waals surface area contributed by atoms with Gasteiger partial charge in [0.05, 0.1) is 18.3 Å². The summed E-state index contributed by atoms with van der Waals surface area (Å²) in [5.74, 6) is -0.410. The minimum Gasteiger partial charge on any atom is -0.444 e. The molecule has 1 aromatic carbocycles. The van der Waals surface area contributed by atoms with Gasteiger partial charge in [0.2, 0.25) is 0 Å². The lowest BCUT2D eigenvalue weighted by Crippen LogP contribution is -2.41. The van der Waals surface area contributed by atoms with Crippen LogP contribution in [0.25, 0.3) is 0 Å². The van der Waals surface area contributed by atoms with Crippen LogP contribution in [0, 0.1) is 0 Å². The van der Waals surface area contributed by atoms with Crippen LogP contribution < -0.4 is 5.32 Å². The fraction of sp³-hybridized carbons (Fsp3) is 0.435. The smallest absolute Gasteiger partial charge is 0.410 e. The molecule has 0 aliphatic carbocycles. The van der Waals surface area contributed by atoms with Crippen LogP contribution in [0.5, 0.6) is 0 Å². The molecule has 1 aromatic heterocycles. The summed E-state index contributed by atoms with van der Waals surface area (Å²) < 4.78 is 43.3. The van der Waals surface area contributed by atoms with E-state index in [4.69, 9.17) is 4.74 Å². The highest BCUT2D eigenvalue weighted by atomic mass is 19.4. The van der Waals surface area contributed by atoms with Gasteiger partial charge >= 0.3 is 12.3 Å². The average Bonchev–Trinajstić information content (AvgIpc) is 2.65. The minimum absolute atomic E-state index is 0.0393. The van der Waals surface area contributed by atoms with Crippen molar-refractivity contribution in [2.24, 2.45) is 0 Å². The molecule has 0 spiro atoms. The van der Waals surface area contributed by atoms with Crippen molar-refractivity contribution >= 4 is 17.7 Å². The third-order valence-corrected chi connectivity index (χ3v) is 4.90. The fourth-order valence-electron chi connectivity index (χ4n) is 3.62. The van der Waals surface area contributed by atoms with E-state index < -0.39 is 30.2 Å². The van der Waals surface area contributed by atoms with E-state index in [-0.39, 0.29) is 17.2 Å². The van der Waals surface area contributed by atoms with E-state index in [2.05, 4.69) is 10.3 Å². The number of hydrogen-bond donors (Lipinski definition) is 1. The molecule has 9 heteroatoms. The lowest BCUT2D eigenvalue weighted by Gasteiger charge is -2.34. The number of carbonyl (C=O) groups is 2. The van der Waals surface area contributed by atoms with Gasteiger partial charge in [-0.25, -0.2) is 4.79 Å². The Labute approximate surface area is 184 Å². The van der Waals surface area contributed by atoms with Gasteiger partial charge in [-0.05, 0) is 61.6 Å². The first-order valence-electron chi connectivity index (χ1n) is 10.2. The number of anilines is 1. The number of aromatic nitrogens is 1. The van der Waals surface area contributed by atoms with Gasteiger partial charge < -0.3 is 15.0 Å². The molecule has 6 nitrogen and oxygen atoms in total. The summed E-state index contributed by atoms with van der Waals surface area (Å²) >= 11 is 0. The SMILES string of the molecule is CC1CN(C(=O)OC(C)(C)C)Cc2cc(C(=O)Nc3cncc(CC(F)(F)F)c3)ccc21. The molecule has 1 atom stereocenters. The van der Waals surface area contributed by atoms with Crippen molar-refractivity contribution in [1.82, 2.24) is 9.88 Å². The number of carbonyl (C=O) groups excluding carboxylic acids is 2. The molecule has 1 N–H and O–H groups in total. The Kier molecular flexibility index (Phi) is 6.48. The Morgan fingerprint density at radius 1 is 1.19 bits per heavy atom. The van der Waals surface area contributed by atoms with E-state index in [0.717, 1.165) is 17.3 Å². The summed E-state index contributed by atoms with van der Waals surface area (Å²) in [6.45, 7) is 8.20. The van der Waals surface area contributed by atoms with Crippen molar-refractivity contribution in [2.45, 2.75) is 58.4 Å². The Hall–Kier alpha value is -3.10. The first-order chi connectivity index (χ1) is 14.8. The van der Waals surface area contributed by atoms with Crippen molar-refractivity contribution < 1.29 is 27.5 Å². The van der Waals surface area contributed by atoms with E-state index >= 15 is 0 Å². The Morgan fingerprint density at radius 2 is 1.91 bits per heavy atom. The molecule has 32 heavy (non-hydrogen) atoms. The van der Waals surface area contributed by atoms with Gasteiger partial charge in [0, 0.05) is 24.8 Å². The minimum atomic E-state index is -4.36. The molecule has 1 aliphatic heterocycles. The second-order valence-corrected chi connectivity index (χ2v) is 9.00. The van der Waals surface area contributed by atoms with Crippen LogP contribution in [-0.2, 0) is 17.7 Å². The van der Waals surface area contributed by atoms with Gasteiger partial charge in [-0.15, -0.1) is 0 Å². The van der Waals surface area contributed by atoms with Crippen LogP contribution in [0.3, 0.4) is 0 Å². The normalized spacial score (nSPS) is 16.3. The van der Waals surface area contributed by atoms with E-state index in [0.29, 0.717) is 18.7 Å². The highest BCUT2D eigenvalue weighted by Gasteiger charge is 2.30. The summed E-state index contributed by atoms with van der Waals surface area (Å²) in [5, 5.41) is 2.59. The third-order valence-electron chi connectivity index (χ3n) is 4.90. The van der Waals surface area contributed by atoms with E-state index in [1.165, 1.54) is 12.3 Å². The van der Waals surface area contributed by atoms with Crippen LogP contribution in [0.1, 0.15) is 60.7 Å². The van der Waals surface area contributed by atoms with Crippen molar-refractivity contribution in [2.75, 3.05) is 11.9 Å². The second kappa shape index (κ2) is 8.80. The van der Waals surface area contributed by atoms with Crippen molar-refractivity contribution in [1.29, 1.82) is 0 Å². The molecule has 2 heterocycles. The van der Waals surface area contributed by atoms with Gasteiger partial charge in [-0.2, -0.15) is 13.2 Å². The van der Waals surface area contributed by atoms with Crippen LogP contribution in [0.2, 0.25) is 0 Å². The van der Waals surface area contributed by atoms with E-state index in [9.17, 15) is 22.8 Å². The number of rotatable bonds is 3. The van der Waals surface area contributed by atoms with Crippen LogP contribution in [-0.4, -0.2) is 40.2 Å². The van der Waals surface area contributed by atoms with Gasteiger partial charge in [-0.3, -0.25) is 9.78 Å². The van der Waals surface area contributed by atoms with Gasteiger partial charge in [0.15, 0.2) is 0 Å². The zero-order valence-corrected chi connectivity index (χ0v) is 18.4. The highest BCUT2D eigenvalue weighted by Crippen LogP contribution is 2.30. The lowest BCUT2D eigenvalue weighted by atomic mass is 9.90. The molecule has 0 saturated carbocycles. The average molecular weight is 449 g/mol. The quantitative estimate of drug-likeness (QED) is 0.691. The first-order valence-corrected chi connectivity index (χ1v) is 10.2. The molecular weight excluding hydrogens is 423 g/mol. The number of alkyl halides is 3. The molecule has 172 valence electrons. The number of amides is 2. The van der Waals surface area contributed by atoms with Crippen LogP contribution >= 0.6 is 0 Å². The Balaban J connectivity index is 1.76. The molecular formula is C23H26F3N3O3. The highest BCUT2D eigenvalue weighted by molar-refractivity contribution is 6.04. The summed E-state index contributed by atoms with van der Waals surface area (Å²) in [4.78, 5) is 30.6. The first kappa shape index (κ1) is 23.6. The third kappa shape index (κ3) is 6.21. The number of fused-ring (bicyclic) bond motifs is 1. The lowest BCUT2D eigenvalue weighted by molar-refractivity contribution is -0.127. The van der Waals surface area contributed by atoms with Crippen molar-refractivity contribution in [3.63, 3.8) is 0 Å². The number of halogens is 3. The Morgan fingerprint density at radius 3 is 2.56 bits per heavy atom. The summed E-state index contributed by atoms with van der Waals surface area (Å²) in [7, 11) is 0. The molecule has 2 aromatic rings. The number of hydrogen-bond acceptors (Lipinski definition) is 4. The van der Waals surface area contributed by atoms with Gasteiger partial charge in [0.25, 0.3) is 5.91 Å². The maximum absolute atomic E-state index is 12.7. The van der Waals surface area contributed by atoms with Crippen LogP contribution in [0.4, 0.5) is 23.7 Å². The monoisotopic (exact) mass is 449 g/mol. The standard InChI is InChI=1S/C23H26F3N3O3/c1-14-12-29(21(31)32-22(2,3)4)13-17-8-16(5-6-19(14)17)20(30)28-18-7-15(10-27-11-18)9-23(24,25)26/h5-8,10-11,14H,9,12-13H2,1-4H3,(H,28,30). The van der Waals surface area contributed by atoms with Crippen molar-refractivity contribution in [3.05, 3.63) is 58.9 Å².